The van der Waals surface area contributed by atoms with Gasteiger partial charge < -0.3 is 14.0 Å². The number of nitrogens with zero attached hydrogens (tertiary/aromatic N) is 3. The maximum Gasteiger partial charge on any atom is 0.247 e. The number of para-hydroxylation sites is 4. The van der Waals surface area contributed by atoms with Gasteiger partial charge in [0.25, 0.3) is 0 Å². The van der Waals surface area contributed by atoms with Crippen LogP contribution < -0.4 is 21.3 Å². The van der Waals surface area contributed by atoms with Crippen LogP contribution >= 0.6 is 11.8 Å². The monoisotopic (exact) mass is 1080 g/mol. The molecule has 1 spiro atoms. The van der Waals surface area contributed by atoms with Crippen molar-refractivity contribution in [2.24, 2.45) is 0 Å². The number of anilines is 3. The van der Waals surface area contributed by atoms with E-state index in [0.29, 0.717) is 44.6 Å². The van der Waals surface area contributed by atoms with Crippen LogP contribution in [0.5, 0.6) is 0 Å². The molecule has 0 saturated carbocycles. The molecule has 0 bridgehead atoms. The second kappa shape index (κ2) is 17.7. The first-order chi connectivity index (χ1) is 49.0. The third-order valence-electron chi connectivity index (χ3n) is 16.8. The summed E-state index contributed by atoms with van der Waals surface area (Å²) in [6.07, 6.45) is 0. The van der Waals surface area contributed by atoms with Gasteiger partial charge in [0.05, 0.1) is 62.0 Å². The summed E-state index contributed by atoms with van der Waals surface area (Å²) < 4.78 is 199. The van der Waals surface area contributed by atoms with Gasteiger partial charge in [-0.25, -0.2) is 0 Å². The highest BCUT2D eigenvalue weighted by Crippen LogP contribution is 2.59. The zero-order valence-electron chi connectivity index (χ0n) is 65.2. The first-order valence-electron chi connectivity index (χ1n) is 37.5. The maximum absolute atomic E-state index is 9.85. The lowest BCUT2D eigenvalue weighted by atomic mass is 9.29. The molecule has 5 heteroatoms. The Morgan fingerprint density at radius 3 is 1.51 bits per heavy atom. The number of benzene rings is 12. The summed E-state index contributed by atoms with van der Waals surface area (Å²) in [6.45, 7) is 5.45. The standard InChI is InChI=1S/C77H54BN3S/c1-76(2,3)52-38-43-70(59(46-52)50-24-8-5-9-25-50)81-71-48-54(80-68-34-18-12-28-57(68)58-29-13-19-35-69(58)80)40-42-65(71)78-64-41-39-53(79-66-32-16-10-26-55(66)56-27-11-17-33-67(56)79)47-62(64)77(60-30-14-20-36-73(60)82-74-37-21-15-31-61(74)77)63-44-51(45-72(81)75(63)78)49-22-6-4-7-23-49/h4-48H,1-3H3/i4D,6D,7D,10D,11D,12D,13D,16D,17D,18D,19D,22D,23D,26D,27D,28D,29D,32D,33D,34D,35D. The molecule has 3 aliphatic heterocycles. The molecule has 0 radical (unpaired) electrons. The topological polar surface area (TPSA) is 13.1 Å². The van der Waals surface area contributed by atoms with Gasteiger partial charge in [-0.1, -0.05) is 226 Å². The predicted octanol–water partition coefficient (Wildman–Crippen LogP) is 18.0. The van der Waals surface area contributed by atoms with Crippen LogP contribution in [0.1, 0.15) is 77.4 Å². The van der Waals surface area contributed by atoms with Crippen LogP contribution in [0.25, 0.3) is 77.2 Å². The van der Waals surface area contributed by atoms with Crippen molar-refractivity contribution in [1.29, 1.82) is 0 Å². The second-order valence-electron chi connectivity index (χ2n) is 22.0. The Bertz CT molecular complexity index is 6030. The number of aromatic nitrogens is 2. The number of rotatable bonds is 5. The van der Waals surface area contributed by atoms with Crippen LogP contribution in [0.4, 0.5) is 17.1 Å². The second-order valence-corrected chi connectivity index (χ2v) is 23.1. The number of hydrogen-bond acceptors (Lipinski definition) is 2. The zero-order valence-corrected chi connectivity index (χ0v) is 45.0. The van der Waals surface area contributed by atoms with Crippen LogP contribution in [0.2, 0.25) is 0 Å². The maximum atomic E-state index is 9.85. The highest BCUT2D eigenvalue weighted by Gasteiger charge is 2.54. The molecule has 0 N–H and O–H groups in total. The number of hydrogen-bond donors (Lipinski definition) is 0. The minimum atomic E-state index is -1.51. The van der Waals surface area contributed by atoms with E-state index in [1.807, 2.05) is 127 Å². The highest BCUT2D eigenvalue weighted by molar-refractivity contribution is 7.99. The van der Waals surface area contributed by atoms with E-state index in [1.54, 1.807) is 12.1 Å². The molecule has 3 aliphatic rings. The lowest BCUT2D eigenvalue weighted by Crippen LogP contribution is -2.65. The molecule has 14 aromatic rings. The summed E-state index contributed by atoms with van der Waals surface area (Å²) in [4.78, 5) is 3.71. The Kier molecular flexibility index (Phi) is 6.68. The lowest BCUT2D eigenvalue weighted by Gasteiger charge is -2.51. The van der Waals surface area contributed by atoms with E-state index < -0.39 is 144 Å². The van der Waals surface area contributed by atoms with Crippen LogP contribution in [-0.2, 0) is 10.8 Å². The quantitative estimate of drug-likeness (QED) is 0.159. The van der Waals surface area contributed by atoms with Gasteiger partial charge in [0.1, 0.15) is 0 Å². The van der Waals surface area contributed by atoms with Gasteiger partial charge in [-0.05, 0) is 146 Å². The van der Waals surface area contributed by atoms with Crippen LogP contribution in [0.15, 0.2) is 282 Å². The first kappa shape index (κ1) is 30.9. The van der Waals surface area contributed by atoms with E-state index >= 15 is 0 Å². The van der Waals surface area contributed by atoms with Crippen molar-refractivity contribution in [3.05, 3.63) is 300 Å². The van der Waals surface area contributed by atoms with Gasteiger partial charge in [0.2, 0.25) is 6.71 Å². The van der Waals surface area contributed by atoms with E-state index in [0.717, 1.165) is 37.6 Å². The van der Waals surface area contributed by atoms with E-state index in [2.05, 4.69) is 31.7 Å². The minimum Gasteiger partial charge on any atom is -0.311 e. The predicted molar refractivity (Wildman–Crippen MR) is 346 cm³/mol. The molecule has 0 saturated heterocycles. The lowest BCUT2D eigenvalue weighted by molar-refractivity contribution is 0.590. The van der Waals surface area contributed by atoms with E-state index in [1.165, 1.54) is 20.9 Å². The molecule has 82 heavy (non-hydrogen) atoms. The average Bonchev–Trinajstić information content (AvgIpc) is 1.29. The van der Waals surface area contributed by atoms with Crippen molar-refractivity contribution in [3.8, 4) is 33.6 Å². The third-order valence-corrected chi connectivity index (χ3v) is 17.9. The molecule has 5 heterocycles. The molecule has 2 aromatic heterocycles. The summed E-state index contributed by atoms with van der Waals surface area (Å²) >= 11 is 1.54. The van der Waals surface area contributed by atoms with Gasteiger partial charge >= 0.3 is 0 Å². The van der Waals surface area contributed by atoms with Gasteiger partial charge in [-0.15, -0.1) is 0 Å². The summed E-state index contributed by atoms with van der Waals surface area (Å²) in [5.41, 5.74) is 6.87. The van der Waals surface area contributed by atoms with Crippen LogP contribution in [-0.4, -0.2) is 15.8 Å². The smallest absolute Gasteiger partial charge is 0.247 e. The largest absolute Gasteiger partial charge is 0.311 e. The summed E-state index contributed by atoms with van der Waals surface area (Å²) in [5.74, 6) is 0. The Balaban J connectivity index is 1.11. The Labute approximate surface area is 512 Å². The molecule has 12 aromatic carbocycles. The molecule has 0 atom stereocenters. The van der Waals surface area contributed by atoms with Gasteiger partial charge in [-0.3, -0.25) is 0 Å². The first-order valence-corrected chi connectivity index (χ1v) is 27.8. The molecule has 0 fully saturated rings. The van der Waals surface area contributed by atoms with Gasteiger partial charge in [-0.2, -0.15) is 0 Å². The average molecular weight is 1090 g/mol. The van der Waals surface area contributed by atoms with Gasteiger partial charge in [0, 0.05) is 59.6 Å². The fourth-order valence-electron chi connectivity index (χ4n) is 13.3. The van der Waals surface area contributed by atoms with Crippen molar-refractivity contribution in [3.63, 3.8) is 0 Å². The summed E-state index contributed by atoms with van der Waals surface area (Å²) in [5, 5.41) is -0.513. The Morgan fingerprint density at radius 2 is 0.927 bits per heavy atom. The summed E-state index contributed by atoms with van der Waals surface area (Å²) in [7, 11) is 0. The third kappa shape index (κ3) is 6.69. The molecule has 386 valence electrons. The van der Waals surface area contributed by atoms with E-state index in [9.17, 15) is 16.4 Å². The molecule has 0 unspecified atom stereocenters. The molecule has 0 aliphatic carbocycles. The fraction of sp³-hybridized carbons (Fsp3) is 0.0649. The SMILES string of the molecule is [2H]c1c([2H])c([2H])c(-c2cc3c4c(c2)C2(c5ccccc5Sc5ccccc52)c2cc(-n5c6c([2H])c([2H])c([2H])c([2H])c6c6c([2H])c([2H])c([2H])c([2H])c65)ccc2B4c2ccc(-n4c5c([2H])c([2H])c([2H])c([2H])c5c5c([2H])c([2H])c([2H])c([2H])c54)cc2N3c2ccc(C(C)(C)C)cc2-c2ccccc2)c([2H])c1[2H]. The molecular formula is C77H54BN3S. The highest BCUT2D eigenvalue weighted by atomic mass is 32.2. The van der Waals surface area contributed by atoms with E-state index in [4.69, 9.17) is 12.3 Å². The van der Waals surface area contributed by atoms with E-state index in [-0.39, 0.29) is 66.1 Å². The molecule has 3 nitrogen and oxygen atoms in total. The fourth-order valence-corrected chi connectivity index (χ4v) is 14.5. The molecular weight excluding hydrogens is 1010 g/mol. The van der Waals surface area contributed by atoms with Gasteiger partial charge in [0.15, 0.2) is 0 Å². The normalized spacial score (nSPS) is 17.4. The Morgan fingerprint density at radius 1 is 0.402 bits per heavy atom. The number of fused-ring (bicyclic) bond motifs is 16. The van der Waals surface area contributed by atoms with Crippen LogP contribution in [0.3, 0.4) is 0 Å². The zero-order chi connectivity index (χ0) is 72.7. The van der Waals surface area contributed by atoms with Crippen molar-refractivity contribution >= 4 is 95.5 Å². The molecule has 17 rings (SSSR count). The van der Waals surface area contributed by atoms with Crippen molar-refractivity contribution in [2.45, 2.75) is 41.4 Å². The minimum absolute atomic E-state index is 0.110. The van der Waals surface area contributed by atoms with Crippen molar-refractivity contribution in [2.75, 3.05) is 4.90 Å². The van der Waals surface area contributed by atoms with Crippen molar-refractivity contribution < 1.29 is 28.8 Å². The van der Waals surface area contributed by atoms with Crippen molar-refractivity contribution in [1.82, 2.24) is 9.13 Å². The molecule has 0 amide bonds. The summed E-state index contributed by atoms with van der Waals surface area (Å²) in [6, 6.07) is 34.9. The van der Waals surface area contributed by atoms with Crippen LogP contribution in [0, 0.1) is 0 Å². The Hall–Kier alpha value is -9.55.